The van der Waals surface area contributed by atoms with Crippen LogP contribution >= 0.6 is 0 Å². The Morgan fingerprint density at radius 3 is 2.44 bits per heavy atom. The second-order valence-corrected chi connectivity index (χ2v) is 6.41. The molecule has 1 saturated heterocycles. The van der Waals surface area contributed by atoms with Crippen LogP contribution in [0.4, 0.5) is 0 Å². The third kappa shape index (κ3) is 3.70. The van der Waals surface area contributed by atoms with E-state index in [-0.39, 0.29) is 17.1 Å². The molecule has 1 aliphatic heterocycles. The van der Waals surface area contributed by atoms with Crippen molar-refractivity contribution in [3.63, 3.8) is 0 Å². The quantitative estimate of drug-likeness (QED) is 0.698. The van der Waals surface area contributed by atoms with Crippen LogP contribution in [0.3, 0.4) is 0 Å². The molecule has 0 aromatic heterocycles. The van der Waals surface area contributed by atoms with E-state index in [9.17, 15) is 5.11 Å². The lowest BCUT2D eigenvalue weighted by Crippen LogP contribution is -2.56. The van der Waals surface area contributed by atoms with Crippen molar-refractivity contribution in [3.05, 3.63) is 0 Å². The van der Waals surface area contributed by atoms with E-state index in [1.165, 1.54) is 0 Å². The van der Waals surface area contributed by atoms with Gasteiger partial charge in [0.2, 0.25) is 6.41 Å². The lowest BCUT2D eigenvalue weighted by Gasteiger charge is -2.44. The van der Waals surface area contributed by atoms with Crippen LogP contribution in [0, 0.1) is 5.41 Å². The summed E-state index contributed by atoms with van der Waals surface area (Å²) >= 11 is 0. The number of likely N-dealkylation sites (tertiary alicyclic amines) is 1. The maximum atomic E-state index is 9.99. The summed E-state index contributed by atoms with van der Waals surface area (Å²) in [5, 5.41) is 9.99. The fourth-order valence-corrected chi connectivity index (χ4v) is 1.99. The molecule has 1 fully saturated rings. The molecule has 96 valence electrons. The molecule has 3 N–H and O–H groups in total. The lowest BCUT2D eigenvalue weighted by molar-refractivity contribution is -0.249. The Morgan fingerprint density at radius 2 is 2.00 bits per heavy atom. The molecule has 0 bridgehead atoms. The normalized spacial score (nSPS) is 29.1. The molecular weight excluding hydrogens is 204 g/mol. The number of rotatable bonds is 2. The fraction of sp³-hybridized carbons (Fsp3) is 1.00. The average Bonchev–Trinajstić information content (AvgIpc) is 2.06. The van der Waals surface area contributed by atoms with Crippen molar-refractivity contribution in [1.29, 1.82) is 0 Å². The highest BCUT2D eigenvalue weighted by Crippen LogP contribution is 2.29. The minimum atomic E-state index is -0.827. The third-order valence-electron chi connectivity index (χ3n) is 3.11. The Morgan fingerprint density at radius 1 is 1.44 bits per heavy atom. The van der Waals surface area contributed by atoms with Crippen molar-refractivity contribution in [2.45, 2.75) is 59.1 Å². The van der Waals surface area contributed by atoms with E-state index < -0.39 is 6.41 Å². The Balaban J connectivity index is 2.56. The summed E-state index contributed by atoms with van der Waals surface area (Å²) in [6.45, 7) is 11.7. The number of aliphatic hydroxyl groups excluding tert-OH is 1. The van der Waals surface area contributed by atoms with Crippen LogP contribution in [0.2, 0.25) is 0 Å². The number of hydrogen-bond donors (Lipinski definition) is 2. The summed E-state index contributed by atoms with van der Waals surface area (Å²) in [5.41, 5.74) is 5.75. The van der Waals surface area contributed by atoms with E-state index in [0.29, 0.717) is 0 Å². The minimum Gasteiger partial charge on any atom is -0.356 e. The van der Waals surface area contributed by atoms with Crippen LogP contribution in [-0.4, -0.2) is 41.2 Å². The molecule has 1 unspecified atom stereocenters. The van der Waals surface area contributed by atoms with Gasteiger partial charge in [0.15, 0.2) is 0 Å². The van der Waals surface area contributed by atoms with Gasteiger partial charge in [-0.25, -0.2) is 0 Å². The summed E-state index contributed by atoms with van der Waals surface area (Å²) in [5.74, 6) is 0. The van der Waals surface area contributed by atoms with Gasteiger partial charge in [-0.3, -0.25) is 4.90 Å². The Labute approximate surface area is 98.8 Å². The molecule has 1 aliphatic rings. The van der Waals surface area contributed by atoms with Crippen LogP contribution in [0.1, 0.15) is 41.0 Å². The number of nitrogens with zero attached hydrogens (tertiary/aromatic N) is 1. The predicted molar refractivity (Wildman–Crippen MR) is 64.8 cm³/mol. The van der Waals surface area contributed by atoms with Crippen LogP contribution in [0.5, 0.6) is 0 Å². The van der Waals surface area contributed by atoms with E-state index in [1.807, 2.05) is 25.7 Å². The van der Waals surface area contributed by atoms with Crippen LogP contribution < -0.4 is 5.73 Å². The maximum absolute atomic E-state index is 9.99. The number of hydrogen-bond acceptors (Lipinski definition) is 4. The van der Waals surface area contributed by atoms with Gasteiger partial charge in [0.1, 0.15) is 0 Å². The smallest absolute Gasteiger partial charge is 0.216 e. The highest BCUT2D eigenvalue weighted by molar-refractivity contribution is 4.89. The lowest BCUT2D eigenvalue weighted by atomic mass is 9.80. The highest BCUT2D eigenvalue weighted by atomic mass is 16.6. The predicted octanol–water partition coefficient (Wildman–Crippen LogP) is 1.14. The summed E-state index contributed by atoms with van der Waals surface area (Å²) < 4.78 is 5.55. The first kappa shape index (κ1) is 13.9. The second kappa shape index (κ2) is 4.61. The molecular formula is C12H26N2O2. The van der Waals surface area contributed by atoms with E-state index in [2.05, 4.69) is 13.8 Å². The second-order valence-electron chi connectivity index (χ2n) is 6.41. The van der Waals surface area contributed by atoms with E-state index in [0.717, 1.165) is 19.5 Å². The molecule has 4 heteroatoms. The van der Waals surface area contributed by atoms with Gasteiger partial charge in [-0.1, -0.05) is 13.8 Å². The molecule has 1 rings (SSSR count). The number of ether oxygens (including phenoxy) is 1. The molecule has 16 heavy (non-hydrogen) atoms. The van der Waals surface area contributed by atoms with Crippen molar-refractivity contribution in [1.82, 2.24) is 4.90 Å². The van der Waals surface area contributed by atoms with Gasteiger partial charge in [-0.15, -0.1) is 0 Å². The van der Waals surface area contributed by atoms with Crippen LogP contribution in [0.25, 0.3) is 0 Å². The number of nitrogens with two attached hydrogens (primary N) is 1. The van der Waals surface area contributed by atoms with Gasteiger partial charge in [0, 0.05) is 19.1 Å². The van der Waals surface area contributed by atoms with E-state index >= 15 is 0 Å². The molecule has 0 aromatic rings. The number of aliphatic hydroxyl groups is 1. The zero-order chi connectivity index (χ0) is 12.6. The molecule has 0 amide bonds. The standard InChI is InChI=1S/C12H26N2O2/c1-11(2,3)16-10(15)14-7-6-9(13)12(4,5)8-14/h9-10,15H,6-8,13H2,1-5H3/t9-,10?/m1/s1. The fourth-order valence-electron chi connectivity index (χ4n) is 1.99. The zero-order valence-electron chi connectivity index (χ0n) is 11.2. The first-order chi connectivity index (χ1) is 7.12. The van der Waals surface area contributed by atoms with Gasteiger partial charge >= 0.3 is 0 Å². The van der Waals surface area contributed by atoms with Gasteiger partial charge in [-0.05, 0) is 32.6 Å². The summed E-state index contributed by atoms with van der Waals surface area (Å²) in [6, 6.07) is 0.200. The van der Waals surface area contributed by atoms with Crippen LogP contribution in [0.15, 0.2) is 0 Å². The van der Waals surface area contributed by atoms with Crippen LogP contribution in [-0.2, 0) is 4.74 Å². The van der Waals surface area contributed by atoms with Gasteiger partial charge in [0.05, 0.1) is 5.60 Å². The van der Waals surface area contributed by atoms with E-state index in [4.69, 9.17) is 10.5 Å². The Kier molecular flexibility index (Phi) is 4.00. The third-order valence-corrected chi connectivity index (χ3v) is 3.11. The largest absolute Gasteiger partial charge is 0.356 e. The van der Waals surface area contributed by atoms with Crippen molar-refractivity contribution in [2.24, 2.45) is 11.1 Å². The number of piperidine rings is 1. The van der Waals surface area contributed by atoms with Crippen molar-refractivity contribution in [3.8, 4) is 0 Å². The Bertz CT molecular complexity index is 236. The molecule has 4 nitrogen and oxygen atoms in total. The summed E-state index contributed by atoms with van der Waals surface area (Å²) in [6.07, 6.45) is 0.0733. The first-order valence-corrected chi connectivity index (χ1v) is 5.97. The van der Waals surface area contributed by atoms with Gasteiger partial charge in [-0.2, -0.15) is 0 Å². The summed E-state index contributed by atoms with van der Waals surface area (Å²) in [4.78, 5) is 1.95. The molecule has 0 radical (unpaired) electrons. The SMILES string of the molecule is CC(C)(C)OC(O)N1CC[C@@H](N)C(C)(C)C1. The maximum Gasteiger partial charge on any atom is 0.216 e. The van der Waals surface area contributed by atoms with Crippen molar-refractivity contribution >= 4 is 0 Å². The molecule has 1 heterocycles. The minimum absolute atomic E-state index is 0.0282. The topological polar surface area (TPSA) is 58.7 Å². The van der Waals surface area contributed by atoms with Crippen molar-refractivity contribution in [2.75, 3.05) is 13.1 Å². The molecule has 2 atom stereocenters. The monoisotopic (exact) mass is 230 g/mol. The molecule has 0 saturated carbocycles. The first-order valence-electron chi connectivity index (χ1n) is 5.97. The molecule has 0 aliphatic carbocycles. The Hall–Kier alpha value is -0.160. The zero-order valence-corrected chi connectivity index (χ0v) is 11.2. The molecule has 0 spiro atoms. The van der Waals surface area contributed by atoms with Gasteiger partial charge < -0.3 is 15.6 Å². The average molecular weight is 230 g/mol. The molecule has 0 aromatic carbocycles. The van der Waals surface area contributed by atoms with Crippen molar-refractivity contribution < 1.29 is 9.84 Å². The van der Waals surface area contributed by atoms with E-state index in [1.54, 1.807) is 0 Å². The summed E-state index contributed by atoms with van der Waals surface area (Å²) in [7, 11) is 0. The van der Waals surface area contributed by atoms with Gasteiger partial charge in [0.25, 0.3) is 0 Å². The highest BCUT2D eigenvalue weighted by Gasteiger charge is 2.36.